The minimum Gasteiger partial charge on any atom is -0.506 e. The molecule has 0 amide bonds. The fourth-order valence-corrected chi connectivity index (χ4v) is 2.59. The van der Waals surface area contributed by atoms with Crippen LogP contribution in [0, 0.1) is 0 Å². The van der Waals surface area contributed by atoms with Gasteiger partial charge in [-0.25, -0.2) is 4.79 Å². The summed E-state index contributed by atoms with van der Waals surface area (Å²) in [7, 11) is 0. The number of hydrogen-bond acceptors (Lipinski definition) is 4. The lowest BCUT2D eigenvalue weighted by molar-refractivity contribution is 0.0693. The van der Waals surface area contributed by atoms with Gasteiger partial charge in [0.25, 0.3) is 0 Å². The van der Waals surface area contributed by atoms with Gasteiger partial charge < -0.3 is 14.9 Å². The molecule has 3 rings (SSSR count). The lowest BCUT2D eigenvalue weighted by atomic mass is 10.0. The molecule has 0 bridgehead atoms. The van der Waals surface area contributed by atoms with Crippen molar-refractivity contribution in [3.63, 3.8) is 0 Å². The van der Waals surface area contributed by atoms with Crippen LogP contribution in [0.25, 0.3) is 6.08 Å². The number of carbonyl (C=O) groups is 2. The molecule has 0 saturated heterocycles. The van der Waals surface area contributed by atoms with Gasteiger partial charge in [0.15, 0.2) is 5.78 Å². The van der Waals surface area contributed by atoms with Crippen molar-refractivity contribution in [3.05, 3.63) is 101 Å². The highest BCUT2D eigenvalue weighted by Crippen LogP contribution is 2.23. The fourth-order valence-electron chi connectivity index (χ4n) is 2.59. The van der Waals surface area contributed by atoms with E-state index in [4.69, 9.17) is 9.84 Å². The zero-order valence-electron chi connectivity index (χ0n) is 14.9. The Bertz CT molecular complexity index is 1000. The summed E-state index contributed by atoms with van der Waals surface area (Å²) in [5, 5.41) is 19.0. The molecule has 5 nitrogen and oxygen atoms in total. The molecule has 140 valence electrons. The maximum atomic E-state index is 12.3. The molecular weight excluding hydrogens is 356 g/mol. The van der Waals surface area contributed by atoms with Gasteiger partial charge in [-0.2, -0.15) is 0 Å². The van der Waals surface area contributed by atoms with Crippen LogP contribution in [0.5, 0.6) is 11.5 Å². The summed E-state index contributed by atoms with van der Waals surface area (Å²) in [5.41, 5.74) is 1.48. The highest BCUT2D eigenvalue weighted by molar-refractivity contribution is 6.10. The monoisotopic (exact) mass is 374 g/mol. The van der Waals surface area contributed by atoms with E-state index in [-0.39, 0.29) is 11.1 Å². The van der Waals surface area contributed by atoms with Crippen molar-refractivity contribution in [2.45, 2.75) is 6.61 Å². The standard InChI is InChI=1S/C23H18O5/c24-21(19-7-4-8-20(22(19)25)23(26)27)14-11-16-9-12-18(13-10-16)28-15-17-5-2-1-3-6-17/h1-14,25H,15H2,(H,26,27)/b14-11+. The average molecular weight is 374 g/mol. The molecule has 3 aromatic carbocycles. The number of hydrogen-bond donors (Lipinski definition) is 2. The Hall–Kier alpha value is -3.86. The van der Waals surface area contributed by atoms with E-state index < -0.39 is 17.5 Å². The number of ether oxygens (including phenoxy) is 1. The average Bonchev–Trinajstić information content (AvgIpc) is 2.72. The second-order valence-electron chi connectivity index (χ2n) is 6.05. The molecule has 5 heteroatoms. The fraction of sp³-hybridized carbons (Fsp3) is 0.0435. The SMILES string of the molecule is O=C(O)c1cccc(C(=O)/C=C/c2ccc(OCc3ccccc3)cc2)c1O. The first-order valence-electron chi connectivity index (χ1n) is 8.59. The zero-order chi connectivity index (χ0) is 19.9. The second kappa shape index (κ2) is 8.68. The number of aromatic carboxylic acids is 1. The van der Waals surface area contributed by atoms with Crippen LogP contribution in [-0.2, 0) is 6.61 Å². The van der Waals surface area contributed by atoms with Crippen LogP contribution in [0.2, 0.25) is 0 Å². The van der Waals surface area contributed by atoms with Crippen LogP contribution in [0.15, 0.2) is 78.9 Å². The number of allylic oxidation sites excluding steroid dienone is 1. The van der Waals surface area contributed by atoms with Gasteiger partial charge in [-0.15, -0.1) is 0 Å². The Labute approximate surface area is 162 Å². The molecule has 28 heavy (non-hydrogen) atoms. The molecule has 2 N–H and O–H groups in total. The minimum atomic E-state index is -1.29. The number of carboxylic acid groups (broad SMARTS) is 1. The summed E-state index contributed by atoms with van der Waals surface area (Å²) >= 11 is 0. The van der Waals surface area contributed by atoms with E-state index in [0.717, 1.165) is 11.1 Å². The zero-order valence-corrected chi connectivity index (χ0v) is 14.9. The molecule has 3 aromatic rings. The number of aromatic hydroxyl groups is 1. The molecule has 0 radical (unpaired) electrons. The number of ketones is 1. The van der Waals surface area contributed by atoms with Crippen LogP contribution in [0.3, 0.4) is 0 Å². The predicted octanol–water partition coefficient (Wildman–Crippen LogP) is 4.57. The van der Waals surface area contributed by atoms with Crippen molar-refractivity contribution >= 4 is 17.8 Å². The number of rotatable bonds is 7. The van der Waals surface area contributed by atoms with Gasteiger partial charge in [0.2, 0.25) is 0 Å². The molecular formula is C23H18O5. The van der Waals surface area contributed by atoms with Crippen molar-refractivity contribution < 1.29 is 24.5 Å². The lowest BCUT2D eigenvalue weighted by Crippen LogP contribution is -2.02. The normalized spacial score (nSPS) is 10.7. The van der Waals surface area contributed by atoms with Crippen LogP contribution >= 0.6 is 0 Å². The Kier molecular flexibility index (Phi) is 5.87. The van der Waals surface area contributed by atoms with E-state index in [1.165, 1.54) is 24.3 Å². The van der Waals surface area contributed by atoms with E-state index in [9.17, 15) is 14.7 Å². The largest absolute Gasteiger partial charge is 0.506 e. The Balaban J connectivity index is 1.65. The van der Waals surface area contributed by atoms with Gasteiger partial charge in [-0.05, 0) is 41.5 Å². The van der Waals surface area contributed by atoms with Gasteiger partial charge >= 0.3 is 5.97 Å². The Morgan fingerprint density at radius 3 is 2.21 bits per heavy atom. The summed E-state index contributed by atoms with van der Waals surface area (Å²) in [4.78, 5) is 23.3. The quantitative estimate of drug-likeness (QED) is 0.468. The molecule has 0 aliphatic heterocycles. The first kappa shape index (κ1) is 18.9. The van der Waals surface area contributed by atoms with Gasteiger partial charge in [-0.3, -0.25) is 4.79 Å². The van der Waals surface area contributed by atoms with Crippen molar-refractivity contribution in [3.8, 4) is 11.5 Å². The van der Waals surface area contributed by atoms with E-state index >= 15 is 0 Å². The highest BCUT2D eigenvalue weighted by Gasteiger charge is 2.16. The number of carboxylic acids is 1. The van der Waals surface area contributed by atoms with Crippen molar-refractivity contribution in [2.24, 2.45) is 0 Å². The van der Waals surface area contributed by atoms with E-state index in [1.54, 1.807) is 30.3 Å². The summed E-state index contributed by atoms with van der Waals surface area (Å²) in [6.07, 6.45) is 2.89. The maximum Gasteiger partial charge on any atom is 0.339 e. The second-order valence-corrected chi connectivity index (χ2v) is 6.05. The molecule has 0 saturated carbocycles. The third-order valence-corrected chi connectivity index (χ3v) is 4.09. The predicted molar refractivity (Wildman–Crippen MR) is 106 cm³/mol. The molecule has 0 aromatic heterocycles. The summed E-state index contributed by atoms with van der Waals surface area (Å²) in [5.74, 6) is -1.60. The molecule has 0 heterocycles. The van der Waals surface area contributed by atoms with Crippen molar-refractivity contribution in [1.82, 2.24) is 0 Å². The first-order valence-corrected chi connectivity index (χ1v) is 8.59. The van der Waals surface area contributed by atoms with Crippen molar-refractivity contribution in [2.75, 3.05) is 0 Å². The first-order chi connectivity index (χ1) is 13.5. The molecule has 0 aliphatic rings. The summed E-state index contributed by atoms with van der Waals surface area (Å²) in [6, 6.07) is 21.1. The molecule has 0 aliphatic carbocycles. The third kappa shape index (κ3) is 4.65. The van der Waals surface area contributed by atoms with Crippen LogP contribution < -0.4 is 4.74 Å². The lowest BCUT2D eigenvalue weighted by Gasteiger charge is -2.06. The molecule has 0 fully saturated rings. The smallest absolute Gasteiger partial charge is 0.339 e. The van der Waals surface area contributed by atoms with E-state index in [0.29, 0.717) is 12.4 Å². The molecule has 0 atom stereocenters. The van der Waals surface area contributed by atoms with Gasteiger partial charge in [0.1, 0.15) is 23.7 Å². The van der Waals surface area contributed by atoms with Crippen LogP contribution in [0.4, 0.5) is 0 Å². The number of para-hydroxylation sites is 1. The van der Waals surface area contributed by atoms with Crippen LogP contribution in [-0.4, -0.2) is 22.0 Å². The summed E-state index contributed by atoms with van der Waals surface area (Å²) in [6.45, 7) is 0.466. The van der Waals surface area contributed by atoms with Gasteiger partial charge in [0.05, 0.1) is 5.56 Å². The number of benzene rings is 3. The van der Waals surface area contributed by atoms with Crippen LogP contribution in [0.1, 0.15) is 31.8 Å². The third-order valence-electron chi connectivity index (χ3n) is 4.09. The maximum absolute atomic E-state index is 12.3. The Morgan fingerprint density at radius 2 is 1.54 bits per heavy atom. The Morgan fingerprint density at radius 1 is 0.857 bits per heavy atom. The van der Waals surface area contributed by atoms with E-state index in [1.807, 2.05) is 30.3 Å². The van der Waals surface area contributed by atoms with Gasteiger partial charge in [0, 0.05) is 0 Å². The van der Waals surface area contributed by atoms with Crippen molar-refractivity contribution in [1.29, 1.82) is 0 Å². The number of phenols is 1. The van der Waals surface area contributed by atoms with E-state index in [2.05, 4.69) is 0 Å². The van der Waals surface area contributed by atoms with Gasteiger partial charge in [-0.1, -0.05) is 54.6 Å². The molecule has 0 unspecified atom stereocenters. The minimum absolute atomic E-state index is 0.0565. The highest BCUT2D eigenvalue weighted by atomic mass is 16.5. The topological polar surface area (TPSA) is 83.8 Å². The summed E-state index contributed by atoms with van der Waals surface area (Å²) < 4.78 is 5.71. The molecule has 0 spiro atoms. The number of carbonyl (C=O) groups excluding carboxylic acids is 1.